The maximum atomic E-state index is 12.7. The molecule has 1 heterocycles. The summed E-state index contributed by atoms with van der Waals surface area (Å²) in [4.78, 5) is 16.6. The Balaban J connectivity index is 2.29. The quantitative estimate of drug-likeness (QED) is 0.819. The zero-order chi connectivity index (χ0) is 18.0. The SMILES string of the molecule is CC(C)(C)C(O)(Cn1cncn1)C(=O)C=Cc1ccc(Cl)cc1Cl. The van der Waals surface area contributed by atoms with Crippen molar-refractivity contribution < 1.29 is 9.90 Å². The predicted octanol–water partition coefficient (Wildman–Crippen LogP) is 3.64. The average Bonchev–Trinajstić information content (AvgIpc) is 2.97. The molecule has 0 spiro atoms. The number of carbonyl (C=O) groups excluding carboxylic acids is 1. The molecular formula is C17H19Cl2N3O2. The first-order valence-electron chi connectivity index (χ1n) is 7.36. The third-order valence-electron chi connectivity index (χ3n) is 3.88. The van der Waals surface area contributed by atoms with E-state index in [0.29, 0.717) is 15.6 Å². The Kier molecular flexibility index (Phi) is 5.48. The molecule has 5 nitrogen and oxygen atoms in total. The summed E-state index contributed by atoms with van der Waals surface area (Å²) in [5.41, 5.74) is -1.70. The third kappa shape index (κ3) is 4.04. The van der Waals surface area contributed by atoms with Crippen molar-refractivity contribution in [2.75, 3.05) is 0 Å². The molecule has 1 unspecified atom stereocenters. The van der Waals surface area contributed by atoms with Crippen molar-refractivity contribution in [3.05, 3.63) is 52.5 Å². The fourth-order valence-corrected chi connectivity index (χ4v) is 2.64. The van der Waals surface area contributed by atoms with E-state index in [1.165, 1.54) is 23.4 Å². The molecule has 1 atom stereocenters. The molecule has 1 aromatic carbocycles. The summed E-state index contributed by atoms with van der Waals surface area (Å²) in [6, 6.07) is 4.99. The maximum Gasteiger partial charge on any atom is 0.189 e. The van der Waals surface area contributed by atoms with Crippen molar-refractivity contribution >= 4 is 35.1 Å². The van der Waals surface area contributed by atoms with Gasteiger partial charge in [0, 0.05) is 15.5 Å². The minimum absolute atomic E-state index is 0.00796. The number of nitrogens with zero attached hydrogens (tertiary/aromatic N) is 3. The molecule has 0 aliphatic carbocycles. The lowest BCUT2D eigenvalue weighted by molar-refractivity contribution is -0.147. The normalized spacial score (nSPS) is 14.8. The fraction of sp³-hybridized carbons (Fsp3) is 0.353. The molecular weight excluding hydrogens is 349 g/mol. The van der Waals surface area contributed by atoms with E-state index in [1.807, 2.05) is 0 Å². The van der Waals surface area contributed by atoms with Crippen LogP contribution in [0.25, 0.3) is 6.08 Å². The molecule has 24 heavy (non-hydrogen) atoms. The summed E-state index contributed by atoms with van der Waals surface area (Å²) in [6.07, 6.45) is 5.72. The van der Waals surface area contributed by atoms with E-state index in [9.17, 15) is 9.90 Å². The lowest BCUT2D eigenvalue weighted by Gasteiger charge is -2.37. The van der Waals surface area contributed by atoms with E-state index in [0.717, 1.165) is 0 Å². The van der Waals surface area contributed by atoms with Crippen LogP contribution in [0, 0.1) is 5.41 Å². The van der Waals surface area contributed by atoms with Crippen LogP contribution >= 0.6 is 23.2 Å². The molecule has 0 aliphatic heterocycles. The minimum atomic E-state index is -1.64. The molecule has 2 rings (SSSR count). The van der Waals surface area contributed by atoms with Crippen LogP contribution in [0.2, 0.25) is 10.0 Å². The second-order valence-electron chi connectivity index (χ2n) is 6.57. The second kappa shape index (κ2) is 7.05. The van der Waals surface area contributed by atoms with Crippen LogP contribution in [0.5, 0.6) is 0 Å². The first kappa shape index (κ1) is 18.6. The van der Waals surface area contributed by atoms with Crippen molar-refractivity contribution in [1.29, 1.82) is 0 Å². The largest absolute Gasteiger partial charge is 0.379 e. The number of halogens is 2. The summed E-state index contributed by atoms with van der Waals surface area (Å²) in [7, 11) is 0. The van der Waals surface area contributed by atoms with Crippen LogP contribution in [-0.2, 0) is 11.3 Å². The smallest absolute Gasteiger partial charge is 0.189 e. The van der Waals surface area contributed by atoms with Gasteiger partial charge in [-0.25, -0.2) is 9.67 Å². The van der Waals surface area contributed by atoms with Crippen LogP contribution < -0.4 is 0 Å². The first-order chi connectivity index (χ1) is 11.1. The number of hydrogen-bond donors (Lipinski definition) is 1. The highest BCUT2D eigenvalue weighted by atomic mass is 35.5. The topological polar surface area (TPSA) is 68.0 Å². The molecule has 1 aromatic heterocycles. The van der Waals surface area contributed by atoms with E-state index < -0.39 is 16.8 Å². The van der Waals surface area contributed by atoms with E-state index in [4.69, 9.17) is 23.2 Å². The van der Waals surface area contributed by atoms with E-state index in [1.54, 1.807) is 45.0 Å². The number of rotatable bonds is 5. The third-order valence-corrected chi connectivity index (χ3v) is 4.44. The highest BCUT2D eigenvalue weighted by molar-refractivity contribution is 6.35. The molecule has 1 N–H and O–H groups in total. The van der Waals surface area contributed by atoms with Gasteiger partial charge in [0.2, 0.25) is 0 Å². The standard InChI is InChI=1S/C17H19Cl2N3O2/c1-16(2,3)17(24,9-22-11-20-10-21-22)15(23)7-5-12-4-6-13(18)8-14(12)19/h4-8,10-11,24H,9H2,1-3H3. The van der Waals surface area contributed by atoms with Crippen molar-refractivity contribution in [3.8, 4) is 0 Å². The van der Waals surface area contributed by atoms with Crippen LogP contribution in [0.4, 0.5) is 0 Å². The Morgan fingerprint density at radius 3 is 2.58 bits per heavy atom. The lowest BCUT2D eigenvalue weighted by atomic mass is 9.73. The summed E-state index contributed by atoms with van der Waals surface area (Å²) in [5, 5.41) is 16.0. The van der Waals surface area contributed by atoms with Gasteiger partial charge in [-0.3, -0.25) is 4.79 Å². The van der Waals surface area contributed by atoms with E-state index in [-0.39, 0.29) is 6.54 Å². The molecule has 0 radical (unpaired) electrons. The first-order valence-corrected chi connectivity index (χ1v) is 8.11. The van der Waals surface area contributed by atoms with Gasteiger partial charge in [-0.2, -0.15) is 5.10 Å². The van der Waals surface area contributed by atoms with E-state index in [2.05, 4.69) is 10.1 Å². The van der Waals surface area contributed by atoms with Crippen LogP contribution in [0.15, 0.2) is 36.9 Å². The Bertz CT molecular complexity index is 752. The van der Waals surface area contributed by atoms with Crippen molar-refractivity contribution in [1.82, 2.24) is 14.8 Å². The van der Waals surface area contributed by atoms with Gasteiger partial charge in [0.15, 0.2) is 11.4 Å². The van der Waals surface area contributed by atoms with Crippen molar-refractivity contribution in [2.24, 2.45) is 5.41 Å². The molecule has 0 amide bonds. The minimum Gasteiger partial charge on any atom is -0.379 e. The highest BCUT2D eigenvalue weighted by Crippen LogP contribution is 2.33. The molecule has 0 fully saturated rings. The Labute approximate surface area is 150 Å². The van der Waals surface area contributed by atoms with E-state index >= 15 is 0 Å². The Morgan fingerprint density at radius 1 is 1.33 bits per heavy atom. The molecule has 128 valence electrons. The monoisotopic (exact) mass is 367 g/mol. The number of aliphatic hydroxyl groups is 1. The fourth-order valence-electron chi connectivity index (χ4n) is 2.17. The Morgan fingerprint density at radius 2 is 2.04 bits per heavy atom. The summed E-state index contributed by atoms with van der Waals surface area (Å²) < 4.78 is 1.44. The van der Waals surface area contributed by atoms with Crippen LogP contribution in [0.3, 0.4) is 0 Å². The average molecular weight is 368 g/mol. The molecule has 2 aromatic rings. The van der Waals surface area contributed by atoms with Gasteiger partial charge < -0.3 is 5.11 Å². The van der Waals surface area contributed by atoms with Crippen LogP contribution in [-0.4, -0.2) is 31.3 Å². The van der Waals surface area contributed by atoms with Gasteiger partial charge in [-0.05, 0) is 29.8 Å². The Hall–Kier alpha value is -1.69. The zero-order valence-electron chi connectivity index (χ0n) is 13.7. The van der Waals surface area contributed by atoms with Gasteiger partial charge in [-0.1, -0.05) is 50.0 Å². The summed E-state index contributed by atoms with van der Waals surface area (Å²) in [6.45, 7) is 5.40. The number of hydrogen-bond acceptors (Lipinski definition) is 4. The van der Waals surface area contributed by atoms with Crippen molar-refractivity contribution in [3.63, 3.8) is 0 Å². The molecule has 0 aliphatic rings. The summed E-state index contributed by atoms with van der Waals surface area (Å²) >= 11 is 12.0. The number of carbonyl (C=O) groups is 1. The maximum absolute atomic E-state index is 12.7. The number of aromatic nitrogens is 3. The van der Waals surface area contributed by atoms with Crippen molar-refractivity contribution in [2.45, 2.75) is 32.9 Å². The lowest BCUT2D eigenvalue weighted by Crippen LogP contribution is -2.52. The molecule has 0 saturated heterocycles. The van der Waals surface area contributed by atoms with Gasteiger partial charge in [-0.15, -0.1) is 0 Å². The number of ketones is 1. The summed E-state index contributed by atoms with van der Waals surface area (Å²) in [5.74, 6) is -0.434. The van der Waals surface area contributed by atoms with Gasteiger partial charge in [0.1, 0.15) is 12.7 Å². The van der Waals surface area contributed by atoms with Gasteiger partial charge >= 0.3 is 0 Å². The number of benzene rings is 1. The second-order valence-corrected chi connectivity index (χ2v) is 7.41. The highest BCUT2D eigenvalue weighted by Gasteiger charge is 2.46. The molecule has 0 saturated carbocycles. The molecule has 0 bridgehead atoms. The zero-order valence-corrected chi connectivity index (χ0v) is 15.2. The molecule has 7 heteroatoms. The van der Waals surface area contributed by atoms with Gasteiger partial charge in [0.25, 0.3) is 0 Å². The predicted molar refractivity (Wildman–Crippen MR) is 94.9 cm³/mol. The van der Waals surface area contributed by atoms with Crippen LogP contribution in [0.1, 0.15) is 26.3 Å². The van der Waals surface area contributed by atoms with Gasteiger partial charge in [0.05, 0.1) is 6.54 Å².